The maximum atomic E-state index is 10.3. The van der Waals surface area contributed by atoms with Crippen molar-refractivity contribution in [2.75, 3.05) is 0 Å². The van der Waals surface area contributed by atoms with Crippen LogP contribution in [-0.2, 0) is 9.59 Å². The molecule has 0 bridgehead atoms. The summed E-state index contributed by atoms with van der Waals surface area (Å²) in [7, 11) is 0. The summed E-state index contributed by atoms with van der Waals surface area (Å²) in [4.78, 5) is 20.6. The zero-order valence-corrected chi connectivity index (χ0v) is 16.0. The molecule has 0 saturated carbocycles. The van der Waals surface area contributed by atoms with Crippen LogP contribution in [0.3, 0.4) is 0 Å². The van der Waals surface area contributed by atoms with Gasteiger partial charge in [0.25, 0.3) is 0 Å². The van der Waals surface area contributed by atoms with E-state index in [2.05, 4.69) is 0 Å². The van der Waals surface area contributed by atoms with Crippen molar-refractivity contribution in [1.29, 1.82) is 0 Å². The molecule has 0 saturated heterocycles. The highest BCUT2D eigenvalue weighted by Crippen LogP contribution is 2.21. The maximum absolute atomic E-state index is 10.3. The van der Waals surface area contributed by atoms with Crippen molar-refractivity contribution in [1.82, 2.24) is 0 Å². The Bertz CT molecular complexity index is 867. The summed E-state index contributed by atoms with van der Waals surface area (Å²) in [5.41, 5.74) is 0. The molecular weight excluding hydrogens is 384 g/mol. The molecular formula is C24H22O6. The van der Waals surface area contributed by atoms with E-state index in [-0.39, 0.29) is 23.1 Å². The summed E-state index contributed by atoms with van der Waals surface area (Å²) in [5, 5.41) is 34.6. The number of carbonyl (C=O) groups excluding carboxylic acids is 2. The zero-order chi connectivity index (χ0) is 22.2. The number of para-hydroxylation sites is 4. The second kappa shape index (κ2) is 13.8. The normalized spacial score (nSPS) is 11.1. The Labute approximate surface area is 174 Å². The van der Waals surface area contributed by atoms with E-state index in [0.717, 1.165) is 0 Å². The molecule has 0 aromatic heterocycles. The Morgan fingerprint density at radius 3 is 0.867 bits per heavy atom. The lowest BCUT2D eigenvalue weighted by Gasteiger charge is -1.91. The number of rotatable bonds is 0. The highest BCUT2D eigenvalue weighted by Gasteiger charge is 1.98. The number of hydrogen-bond donors (Lipinski definition) is 4. The van der Waals surface area contributed by atoms with Crippen LogP contribution in [0.2, 0.25) is 0 Å². The molecule has 30 heavy (non-hydrogen) atoms. The van der Waals surface area contributed by atoms with E-state index in [0.29, 0.717) is 11.5 Å². The SMILES string of the molecule is O=C1C=CC(=O)C=C1.Oc1ccccc1.Oc1ccccc1.Oc1ccccc1O. The Morgan fingerprint density at radius 2 is 0.667 bits per heavy atom. The van der Waals surface area contributed by atoms with Crippen LogP contribution in [-0.4, -0.2) is 32.0 Å². The third kappa shape index (κ3) is 11.4. The number of allylic oxidation sites excluding steroid dienone is 4. The number of hydrogen-bond acceptors (Lipinski definition) is 6. The Hall–Kier alpha value is -4.32. The average molecular weight is 406 g/mol. The molecule has 1 aliphatic rings. The number of aromatic hydroxyl groups is 4. The molecule has 6 heteroatoms. The van der Waals surface area contributed by atoms with Crippen molar-refractivity contribution < 1.29 is 30.0 Å². The molecule has 3 aromatic carbocycles. The van der Waals surface area contributed by atoms with E-state index in [4.69, 9.17) is 20.4 Å². The molecule has 0 atom stereocenters. The fraction of sp³-hybridized carbons (Fsp3) is 0. The third-order valence-electron chi connectivity index (χ3n) is 3.22. The van der Waals surface area contributed by atoms with E-state index >= 15 is 0 Å². The van der Waals surface area contributed by atoms with Gasteiger partial charge in [-0.1, -0.05) is 48.5 Å². The smallest absolute Gasteiger partial charge is 0.178 e. The lowest BCUT2D eigenvalue weighted by Crippen LogP contribution is -1.97. The fourth-order valence-corrected chi connectivity index (χ4v) is 1.76. The van der Waals surface area contributed by atoms with Crippen molar-refractivity contribution in [3.63, 3.8) is 0 Å². The van der Waals surface area contributed by atoms with E-state index in [9.17, 15) is 9.59 Å². The summed E-state index contributed by atoms with van der Waals surface area (Å²) in [6.45, 7) is 0. The van der Waals surface area contributed by atoms with Gasteiger partial charge in [-0.15, -0.1) is 0 Å². The van der Waals surface area contributed by atoms with Gasteiger partial charge in [-0.3, -0.25) is 9.59 Å². The van der Waals surface area contributed by atoms with Crippen LogP contribution in [0.15, 0.2) is 109 Å². The van der Waals surface area contributed by atoms with Gasteiger partial charge in [0.1, 0.15) is 11.5 Å². The van der Waals surface area contributed by atoms with E-state index in [1.54, 1.807) is 60.7 Å². The van der Waals surface area contributed by atoms with Crippen LogP contribution < -0.4 is 0 Å². The van der Waals surface area contributed by atoms with Gasteiger partial charge in [0.15, 0.2) is 23.1 Å². The largest absolute Gasteiger partial charge is 0.508 e. The predicted molar refractivity (Wildman–Crippen MR) is 114 cm³/mol. The number of carbonyl (C=O) groups is 2. The van der Waals surface area contributed by atoms with Crippen molar-refractivity contribution in [3.05, 3.63) is 109 Å². The molecule has 0 fully saturated rings. The highest BCUT2D eigenvalue weighted by atomic mass is 16.3. The molecule has 0 heterocycles. The number of phenols is 4. The van der Waals surface area contributed by atoms with Crippen molar-refractivity contribution in [3.8, 4) is 23.0 Å². The van der Waals surface area contributed by atoms with Gasteiger partial charge in [0, 0.05) is 0 Å². The fourth-order valence-electron chi connectivity index (χ4n) is 1.76. The number of benzene rings is 3. The maximum Gasteiger partial charge on any atom is 0.178 e. The van der Waals surface area contributed by atoms with Gasteiger partial charge >= 0.3 is 0 Å². The Morgan fingerprint density at radius 1 is 0.400 bits per heavy atom. The lowest BCUT2D eigenvalue weighted by molar-refractivity contribution is -0.113. The molecule has 0 spiro atoms. The van der Waals surface area contributed by atoms with Crippen molar-refractivity contribution in [2.45, 2.75) is 0 Å². The van der Waals surface area contributed by atoms with Crippen LogP contribution in [0.1, 0.15) is 0 Å². The molecule has 0 amide bonds. The summed E-state index contributed by atoms with van der Waals surface area (Å²) >= 11 is 0. The first-order valence-corrected chi connectivity index (χ1v) is 8.77. The minimum atomic E-state index is -0.121. The first-order chi connectivity index (χ1) is 14.4. The van der Waals surface area contributed by atoms with Crippen molar-refractivity contribution in [2.24, 2.45) is 0 Å². The standard InChI is InChI=1S/C6H4O2.C6H6O2.2C6H6O/c7-5-1-2-6(8)4-3-5;7-5-3-1-2-4-6(5)8;2*7-6-4-2-1-3-5-6/h1-4H;1-4,7-8H;2*1-5,7H. The molecule has 3 aromatic rings. The Kier molecular flexibility index (Phi) is 10.9. The summed E-state index contributed by atoms with van der Waals surface area (Å²) in [5.74, 6) is 0.249. The van der Waals surface area contributed by atoms with Crippen LogP contribution in [0.25, 0.3) is 0 Å². The van der Waals surface area contributed by atoms with Crippen LogP contribution in [0, 0.1) is 0 Å². The quantitative estimate of drug-likeness (QED) is 0.330. The average Bonchev–Trinajstić information content (AvgIpc) is 2.75. The van der Waals surface area contributed by atoms with Crippen LogP contribution in [0.5, 0.6) is 23.0 Å². The second-order valence-corrected chi connectivity index (χ2v) is 5.63. The molecule has 4 N–H and O–H groups in total. The third-order valence-corrected chi connectivity index (χ3v) is 3.22. The predicted octanol–water partition coefficient (Wildman–Crippen LogP) is 4.13. The van der Waals surface area contributed by atoms with Gasteiger partial charge in [0.05, 0.1) is 0 Å². The molecule has 1 aliphatic carbocycles. The number of phenolic OH excluding ortho intramolecular Hbond substituents is 4. The van der Waals surface area contributed by atoms with E-state index in [1.807, 2.05) is 12.1 Å². The minimum absolute atomic E-state index is 0.0764. The first-order valence-electron chi connectivity index (χ1n) is 8.77. The monoisotopic (exact) mass is 406 g/mol. The lowest BCUT2D eigenvalue weighted by atomic mass is 10.2. The van der Waals surface area contributed by atoms with Crippen LogP contribution >= 0.6 is 0 Å². The van der Waals surface area contributed by atoms with Gasteiger partial charge in [-0.05, 0) is 60.7 Å². The highest BCUT2D eigenvalue weighted by molar-refractivity contribution is 6.14. The van der Waals surface area contributed by atoms with Crippen molar-refractivity contribution >= 4 is 11.6 Å². The van der Waals surface area contributed by atoms with Crippen LogP contribution in [0.4, 0.5) is 0 Å². The molecule has 6 nitrogen and oxygen atoms in total. The molecule has 0 unspecified atom stereocenters. The summed E-state index contributed by atoms with van der Waals surface area (Å²) in [6.07, 6.45) is 5.01. The summed E-state index contributed by atoms with van der Waals surface area (Å²) < 4.78 is 0. The van der Waals surface area contributed by atoms with E-state index in [1.165, 1.54) is 36.4 Å². The second-order valence-electron chi connectivity index (χ2n) is 5.63. The molecule has 4 rings (SSSR count). The van der Waals surface area contributed by atoms with Gasteiger partial charge in [-0.2, -0.15) is 0 Å². The molecule has 0 radical (unpaired) electrons. The zero-order valence-electron chi connectivity index (χ0n) is 16.0. The van der Waals surface area contributed by atoms with E-state index < -0.39 is 0 Å². The Balaban J connectivity index is 0.000000200. The number of ketones is 2. The first kappa shape index (κ1) is 23.7. The summed E-state index contributed by atoms with van der Waals surface area (Å²) in [6, 6.07) is 23.6. The van der Waals surface area contributed by atoms with Gasteiger partial charge < -0.3 is 20.4 Å². The topological polar surface area (TPSA) is 115 Å². The van der Waals surface area contributed by atoms with Gasteiger partial charge in [0.2, 0.25) is 0 Å². The molecule has 154 valence electrons. The minimum Gasteiger partial charge on any atom is -0.508 e. The van der Waals surface area contributed by atoms with Gasteiger partial charge in [-0.25, -0.2) is 0 Å². The molecule has 0 aliphatic heterocycles.